The fraction of sp³-hybridized carbons (Fsp3) is 0.222. The van der Waals surface area contributed by atoms with E-state index >= 15 is 0 Å². The Morgan fingerprint density at radius 3 is 1.76 bits per heavy atom. The predicted molar refractivity (Wildman–Crippen MR) is 57.8 cm³/mol. The van der Waals surface area contributed by atoms with Gasteiger partial charge in [0.1, 0.15) is 22.3 Å². The second-order valence-electron chi connectivity index (χ2n) is 3.96. The summed E-state index contributed by atoms with van der Waals surface area (Å²) >= 11 is 0. The van der Waals surface area contributed by atoms with Crippen LogP contribution in [0.2, 0.25) is 0 Å². The Morgan fingerprint density at radius 1 is 0.960 bits per heavy atom. The molecule has 1 aromatic rings. The summed E-state index contributed by atoms with van der Waals surface area (Å²) in [6.07, 6.45) is 0. The molecular formula is C9HF7LiNO5S2. The van der Waals surface area contributed by atoms with E-state index in [0.717, 1.165) is 0 Å². The van der Waals surface area contributed by atoms with Crippen molar-refractivity contribution in [2.75, 3.05) is 0 Å². The van der Waals surface area contributed by atoms with E-state index in [9.17, 15) is 52.1 Å². The molecule has 0 fully saturated rings. The maximum atomic E-state index is 13.5. The molecule has 0 amide bonds. The van der Waals surface area contributed by atoms with Gasteiger partial charge in [-0.25, -0.2) is 30.0 Å². The van der Waals surface area contributed by atoms with E-state index in [1.807, 2.05) is 0 Å². The van der Waals surface area contributed by atoms with Crippen LogP contribution in [0.1, 0.15) is 5.56 Å². The van der Waals surface area contributed by atoms with Crippen LogP contribution in [0.5, 0.6) is 0 Å². The zero-order chi connectivity index (χ0) is 19.3. The molecule has 0 radical (unpaired) electrons. The zero-order valence-electron chi connectivity index (χ0n) is 11.5. The fourth-order valence-corrected chi connectivity index (χ4v) is 3.41. The maximum Gasteiger partial charge on any atom is 1.00 e. The molecule has 1 rings (SSSR count). The van der Waals surface area contributed by atoms with Gasteiger partial charge in [0, 0.05) is 0 Å². The van der Waals surface area contributed by atoms with Gasteiger partial charge in [-0.15, -0.1) is 0 Å². The average molecular weight is 407 g/mol. The molecule has 0 saturated heterocycles. The van der Waals surface area contributed by atoms with E-state index < -0.39 is 64.4 Å². The summed E-state index contributed by atoms with van der Waals surface area (Å²) in [6, 6.07) is -0.0186. The van der Waals surface area contributed by atoms with Crippen LogP contribution in [0, 0.1) is 28.8 Å². The van der Waals surface area contributed by atoms with Gasteiger partial charge in [-0.1, -0.05) is 0 Å². The van der Waals surface area contributed by atoms with Gasteiger partial charge in [0.15, 0.2) is 21.8 Å². The molecule has 6 nitrogen and oxygen atoms in total. The van der Waals surface area contributed by atoms with Gasteiger partial charge in [0.2, 0.25) is 0 Å². The molecule has 0 atom stereocenters. The Bertz CT molecular complexity index is 956. The molecule has 0 N–H and O–H groups in total. The van der Waals surface area contributed by atoms with Crippen molar-refractivity contribution in [2.45, 2.75) is 15.4 Å². The Kier molecular flexibility index (Phi) is 6.41. The van der Waals surface area contributed by atoms with Gasteiger partial charge in [0.25, 0.3) is 9.84 Å². The summed E-state index contributed by atoms with van der Waals surface area (Å²) in [4.78, 5) is -2.70. The van der Waals surface area contributed by atoms with E-state index in [1.54, 1.807) is 0 Å². The van der Waals surface area contributed by atoms with Crippen molar-refractivity contribution in [3.05, 3.63) is 29.1 Å². The topological polar surface area (TPSA) is 115 Å². The van der Waals surface area contributed by atoms with Crippen LogP contribution < -0.4 is 18.9 Å². The first-order valence-corrected chi connectivity index (χ1v) is 7.96. The van der Waals surface area contributed by atoms with E-state index in [4.69, 9.17) is 5.26 Å². The van der Waals surface area contributed by atoms with Crippen molar-refractivity contribution in [3.63, 3.8) is 0 Å². The van der Waals surface area contributed by atoms with Gasteiger partial charge >= 0.3 is 29.4 Å². The molecule has 16 heteroatoms. The molecular weight excluding hydrogens is 406 g/mol. The first-order valence-electron chi connectivity index (χ1n) is 5.07. The standard InChI is InChI=1S/C9H2F7NO5S2.Li/c10-4-1-5(7(12)6(11)3(4)2-17)23(18,19)8(13,14)9(15,16)24(20,21)22;/h1H,(H,20,21,22);/q;+1/p-1. The Balaban J connectivity index is 0.00000576. The van der Waals surface area contributed by atoms with Crippen molar-refractivity contribution in [2.24, 2.45) is 0 Å². The molecule has 0 aliphatic rings. The van der Waals surface area contributed by atoms with Crippen LogP contribution in [0.4, 0.5) is 30.7 Å². The summed E-state index contributed by atoms with van der Waals surface area (Å²) < 4.78 is 146. The van der Waals surface area contributed by atoms with Crippen molar-refractivity contribution in [1.82, 2.24) is 0 Å². The summed E-state index contributed by atoms with van der Waals surface area (Å²) in [5.41, 5.74) is -1.75. The van der Waals surface area contributed by atoms with Crippen molar-refractivity contribution < 1.29 is 71.0 Å². The molecule has 1 aromatic carbocycles. The van der Waals surface area contributed by atoms with Crippen molar-refractivity contribution >= 4 is 20.0 Å². The number of nitrogens with zero attached hydrogens (tertiary/aromatic N) is 1. The number of rotatable bonds is 4. The minimum atomic E-state index is -7.27. The largest absolute Gasteiger partial charge is 1.00 e. The molecule has 0 spiro atoms. The number of sulfone groups is 1. The molecule has 0 bridgehead atoms. The smallest absolute Gasteiger partial charge is 0.743 e. The molecule has 134 valence electrons. The van der Waals surface area contributed by atoms with E-state index in [-0.39, 0.29) is 18.9 Å². The van der Waals surface area contributed by atoms with E-state index in [1.165, 1.54) is 0 Å². The first kappa shape index (κ1) is 23.7. The molecule has 0 unspecified atom stereocenters. The summed E-state index contributed by atoms with van der Waals surface area (Å²) in [5, 5.41) is -5.28. The third kappa shape index (κ3) is 3.37. The zero-order valence-corrected chi connectivity index (χ0v) is 13.2. The van der Waals surface area contributed by atoms with Crippen molar-refractivity contribution in [1.29, 1.82) is 5.26 Å². The molecule has 0 aliphatic carbocycles. The molecule has 25 heavy (non-hydrogen) atoms. The summed E-state index contributed by atoms with van der Waals surface area (Å²) in [5.74, 6) is -7.65. The van der Waals surface area contributed by atoms with Crippen molar-refractivity contribution in [3.8, 4) is 6.07 Å². The molecule has 0 aliphatic heterocycles. The van der Waals surface area contributed by atoms with Gasteiger partial charge in [0.05, 0.1) is 0 Å². The number of halogens is 7. The van der Waals surface area contributed by atoms with Crippen LogP contribution >= 0.6 is 0 Å². The molecule has 0 saturated carbocycles. The maximum absolute atomic E-state index is 13.5. The summed E-state index contributed by atoms with van der Waals surface area (Å²) in [7, 11) is -14.4. The minimum absolute atomic E-state index is 0. The predicted octanol–water partition coefficient (Wildman–Crippen LogP) is -1.52. The minimum Gasteiger partial charge on any atom is -0.743 e. The summed E-state index contributed by atoms with van der Waals surface area (Å²) in [6.45, 7) is 0. The number of benzene rings is 1. The Morgan fingerprint density at radius 2 is 1.40 bits per heavy atom. The third-order valence-corrected chi connectivity index (χ3v) is 5.34. The van der Waals surface area contributed by atoms with Gasteiger partial charge in [-0.3, -0.25) is 0 Å². The third-order valence-electron chi connectivity index (χ3n) is 2.52. The van der Waals surface area contributed by atoms with Gasteiger partial charge in [-0.05, 0) is 6.07 Å². The monoisotopic (exact) mass is 407 g/mol. The number of hydrogen-bond acceptors (Lipinski definition) is 6. The van der Waals surface area contributed by atoms with E-state index in [2.05, 4.69) is 0 Å². The first-order chi connectivity index (χ1) is 10.5. The number of hydrogen-bond donors (Lipinski definition) is 0. The normalized spacial score (nSPS) is 13.1. The van der Waals surface area contributed by atoms with Crippen LogP contribution in [0.3, 0.4) is 0 Å². The van der Waals surface area contributed by atoms with Gasteiger partial charge < -0.3 is 4.55 Å². The number of alkyl halides is 4. The molecule has 0 aromatic heterocycles. The average Bonchev–Trinajstić information content (AvgIpc) is 2.41. The Hall–Kier alpha value is -1.32. The van der Waals surface area contributed by atoms with Gasteiger partial charge in [-0.2, -0.15) is 22.8 Å². The second kappa shape index (κ2) is 6.77. The van der Waals surface area contributed by atoms with Crippen LogP contribution in [-0.2, 0) is 20.0 Å². The van der Waals surface area contributed by atoms with Crippen LogP contribution in [0.15, 0.2) is 11.0 Å². The number of nitriles is 1. The molecule has 0 heterocycles. The SMILES string of the molecule is N#Cc1c(F)cc(S(=O)(=O)C(F)(F)C(F)(F)S(=O)(=O)[O-])c(F)c1F.[Li+]. The fourth-order valence-electron chi connectivity index (χ4n) is 1.31. The Labute approximate surface area is 147 Å². The second-order valence-corrected chi connectivity index (χ2v) is 7.34. The van der Waals surface area contributed by atoms with E-state index in [0.29, 0.717) is 6.07 Å². The van der Waals surface area contributed by atoms with Crippen LogP contribution in [-0.4, -0.2) is 31.9 Å². The quantitative estimate of drug-likeness (QED) is 0.259. The van der Waals surface area contributed by atoms with Crippen LogP contribution in [0.25, 0.3) is 0 Å².